The molecule has 2 heterocycles. The summed E-state index contributed by atoms with van der Waals surface area (Å²) in [5, 5.41) is 10.1. The number of carbonyl (C=O) groups is 1. The molecule has 0 spiro atoms. The minimum atomic E-state index is 0.0322. The van der Waals surface area contributed by atoms with Gasteiger partial charge >= 0.3 is 0 Å². The predicted molar refractivity (Wildman–Crippen MR) is 97.9 cm³/mol. The number of hydrogen-bond acceptors (Lipinski definition) is 4. The van der Waals surface area contributed by atoms with Crippen LogP contribution in [0.1, 0.15) is 28.0 Å². The van der Waals surface area contributed by atoms with Crippen molar-refractivity contribution in [3.8, 4) is 5.75 Å². The highest BCUT2D eigenvalue weighted by atomic mass is 35.5. The van der Waals surface area contributed by atoms with Crippen molar-refractivity contribution < 1.29 is 9.90 Å². The molecule has 1 saturated heterocycles. The zero-order valence-corrected chi connectivity index (χ0v) is 15.0. The molecule has 0 atom stereocenters. The number of aromatic hydroxyl groups is 1. The Hall–Kier alpha value is -2.11. The number of pyridine rings is 1. The van der Waals surface area contributed by atoms with E-state index in [0.717, 1.165) is 37.3 Å². The van der Waals surface area contributed by atoms with Crippen molar-refractivity contribution in [2.75, 3.05) is 26.2 Å². The minimum absolute atomic E-state index is 0.0322. The fourth-order valence-corrected chi connectivity index (χ4v) is 3.22. The quantitative estimate of drug-likeness (QED) is 0.914. The maximum absolute atomic E-state index is 12.6. The summed E-state index contributed by atoms with van der Waals surface area (Å²) in [6.07, 6.45) is 2.55. The van der Waals surface area contributed by atoms with Crippen molar-refractivity contribution >= 4 is 17.5 Å². The smallest absolute Gasteiger partial charge is 0.255 e. The molecule has 0 bridgehead atoms. The number of nitrogens with zero attached hydrogens (tertiary/aromatic N) is 3. The summed E-state index contributed by atoms with van der Waals surface area (Å²) in [6.45, 7) is 5.64. The normalized spacial score (nSPS) is 15.8. The molecule has 0 unspecified atom stereocenters. The first kappa shape index (κ1) is 17.7. The van der Waals surface area contributed by atoms with E-state index in [0.29, 0.717) is 23.7 Å². The lowest BCUT2D eigenvalue weighted by molar-refractivity contribution is 0.0760. The third kappa shape index (κ3) is 4.30. The molecule has 1 aliphatic heterocycles. The van der Waals surface area contributed by atoms with Crippen LogP contribution >= 0.6 is 11.6 Å². The van der Waals surface area contributed by atoms with Gasteiger partial charge in [0, 0.05) is 44.6 Å². The molecule has 0 saturated carbocycles. The molecular weight excluding hydrogens is 338 g/mol. The van der Waals surface area contributed by atoms with Gasteiger partial charge in [0.1, 0.15) is 5.75 Å². The number of rotatable bonds is 3. The van der Waals surface area contributed by atoms with Crippen molar-refractivity contribution in [3.63, 3.8) is 0 Å². The van der Waals surface area contributed by atoms with Crippen molar-refractivity contribution in [3.05, 3.63) is 58.4 Å². The SMILES string of the molecule is Cc1ccc(C(=O)N2CCCN(Cc3cccc(O)c3Cl)CC2)cn1. The summed E-state index contributed by atoms with van der Waals surface area (Å²) in [4.78, 5) is 21.0. The summed E-state index contributed by atoms with van der Waals surface area (Å²) in [6, 6.07) is 9.01. The first-order valence-corrected chi connectivity index (χ1v) is 8.83. The van der Waals surface area contributed by atoms with Crippen LogP contribution in [0.2, 0.25) is 5.02 Å². The molecule has 1 fully saturated rings. The van der Waals surface area contributed by atoms with Crippen molar-refractivity contribution in [1.29, 1.82) is 0 Å². The molecule has 1 N–H and O–H groups in total. The number of aryl methyl sites for hydroxylation is 1. The molecule has 6 heteroatoms. The van der Waals surface area contributed by atoms with E-state index in [-0.39, 0.29) is 11.7 Å². The number of aromatic nitrogens is 1. The Kier molecular flexibility index (Phi) is 5.56. The largest absolute Gasteiger partial charge is 0.506 e. The third-order valence-electron chi connectivity index (χ3n) is 4.49. The Morgan fingerprint density at radius 2 is 2.04 bits per heavy atom. The maximum Gasteiger partial charge on any atom is 0.255 e. The highest BCUT2D eigenvalue weighted by Crippen LogP contribution is 2.27. The van der Waals surface area contributed by atoms with Crippen LogP contribution in [-0.4, -0.2) is 52.0 Å². The van der Waals surface area contributed by atoms with Gasteiger partial charge in [0.15, 0.2) is 0 Å². The van der Waals surface area contributed by atoms with E-state index in [2.05, 4.69) is 9.88 Å². The van der Waals surface area contributed by atoms with Crippen LogP contribution in [0.25, 0.3) is 0 Å². The van der Waals surface area contributed by atoms with Crippen molar-refractivity contribution in [2.24, 2.45) is 0 Å². The number of phenols is 1. The van der Waals surface area contributed by atoms with Crippen molar-refractivity contribution in [2.45, 2.75) is 19.9 Å². The van der Waals surface area contributed by atoms with Crippen LogP contribution in [0.3, 0.4) is 0 Å². The van der Waals surface area contributed by atoms with Gasteiger partial charge in [0.25, 0.3) is 5.91 Å². The van der Waals surface area contributed by atoms with E-state index >= 15 is 0 Å². The second-order valence-corrected chi connectivity index (χ2v) is 6.74. The zero-order chi connectivity index (χ0) is 17.8. The minimum Gasteiger partial charge on any atom is -0.506 e. The maximum atomic E-state index is 12.6. The van der Waals surface area contributed by atoms with Gasteiger partial charge in [-0.2, -0.15) is 0 Å². The highest BCUT2D eigenvalue weighted by molar-refractivity contribution is 6.32. The summed E-state index contributed by atoms with van der Waals surface area (Å²) >= 11 is 6.18. The highest BCUT2D eigenvalue weighted by Gasteiger charge is 2.21. The molecular formula is C19H22ClN3O2. The van der Waals surface area contributed by atoms with E-state index in [4.69, 9.17) is 11.6 Å². The number of amides is 1. The van der Waals surface area contributed by atoms with Gasteiger partial charge in [-0.1, -0.05) is 23.7 Å². The van der Waals surface area contributed by atoms with E-state index in [9.17, 15) is 9.90 Å². The summed E-state index contributed by atoms with van der Waals surface area (Å²) < 4.78 is 0. The van der Waals surface area contributed by atoms with Crippen LogP contribution in [0.5, 0.6) is 5.75 Å². The van der Waals surface area contributed by atoms with Crippen LogP contribution in [0, 0.1) is 6.92 Å². The van der Waals surface area contributed by atoms with Gasteiger partial charge in [-0.15, -0.1) is 0 Å². The van der Waals surface area contributed by atoms with Gasteiger partial charge in [0.05, 0.1) is 10.6 Å². The van der Waals surface area contributed by atoms with E-state index in [1.807, 2.05) is 30.0 Å². The van der Waals surface area contributed by atoms with Crippen molar-refractivity contribution in [1.82, 2.24) is 14.8 Å². The molecule has 0 radical (unpaired) electrons. The van der Waals surface area contributed by atoms with Crippen LogP contribution < -0.4 is 0 Å². The third-order valence-corrected chi connectivity index (χ3v) is 4.92. The molecule has 25 heavy (non-hydrogen) atoms. The van der Waals surface area contributed by atoms with Gasteiger partial charge in [0.2, 0.25) is 0 Å². The Morgan fingerprint density at radius 3 is 2.80 bits per heavy atom. The second-order valence-electron chi connectivity index (χ2n) is 6.36. The number of hydrogen-bond donors (Lipinski definition) is 1. The molecule has 3 rings (SSSR count). The second kappa shape index (κ2) is 7.85. The predicted octanol–water partition coefficient (Wildman–Crippen LogP) is 3.10. The molecule has 0 aliphatic carbocycles. The fourth-order valence-electron chi connectivity index (χ4n) is 3.04. The van der Waals surface area contributed by atoms with E-state index in [1.54, 1.807) is 18.3 Å². The summed E-state index contributed by atoms with van der Waals surface area (Å²) in [7, 11) is 0. The van der Waals surface area contributed by atoms with E-state index < -0.39 is 0 Å². The molecule has 2 aromatic rings. The summed E-state index contributed by atoms with van der Waals surface area (Å²) in [5.74, 6) is 0.141. The Morgan fingerprint density at radius 1 is 1.20 bits per heavy atom. The van der Waals surface area contributed by atoms with Crippen LogP contribution in [-0.2, 0) is 6.54 Å². The van der Waals surface area contributed by atoms with Crippen LogP contribution in [0.4, 0.5) is 0 Å². The number of benzene rings is 1. The van der Waals surface area contributed by atoms with Crippen LogP contribution in [0.15, 0.2) is 36.5 Å². The molecule has 1 amide bonds. The van der Waals surface area contributed by atoms with Gasteiger partial charge < -0.3 is 10.0 Å². The Labute approximate surface area is 152 Å². The first-order valence-electron chi connectivity index (χ1n) is 8.45. The molecule has 1 aromatic heterocycles. The van der Waals surface area contributed by atoms with E-state index in [1.165, 1.54) is 0 Å². The number of halogens is 1. The number of phenolic OH excluding ortho intramolecular Hbond substituents is 1. The lowest BCUT2D eigenvalue weighted by Gasteiger charge is -2.22. The zero-order valence-electron chi connectivity index (χ0n) is 14.3. The average molecular weight is 360 g/mol. The van der Waals surface area contributed by atoms with Gasteiger partial charge in [-0.3, -0.25) is 14.7 Å². The lowest BCUT2D eigenvalue weighted by atomic mass is 10.2. The molecule has 132 valence electrons. The summed E-state index contributed by atoms with van der Waals surface area (Å²) in [5.41, 5.74) is 2.45. The molecule has 5 nitrogen and oxygen atoms in total. The van der Waals surface area contributed by atoms with Gasteiger partial charge in [-0.25, -0.2) is 0 Å². The fraction of sp³-hybridized carbons (Fsp3) is 0.368. The Bertz CT molecular complexity index is 749. The molecule has 1 aromatic carbocycles. The first-order chi connectivity index (χ1) is 12.0. The monoisotopic (exact) mass is 359 g/mol. The molecule has 1 aliphatic rings. The lowest BCUT2D eigenvalue weighted by Crippen LogP contribution is -2.35. The average Bonchev–Trinajstić information content (AvgIpc) is 2.85. The number of carbonyl (C=O) groups excluding carboxylic acids is 1. The standard InChI is InChI=1S/C19H22ClN3O2/c1-14-6-7-15(12-21-14)19(25)23-9-3-8-22(10-11-23)13-16-4-2-5-17(24)18(16)20/h2,4-7,12,24H,3,8-11,13H2,1H3. The Balaban J connectivity index is 1.63. The topological polar surface area (TPSA) is 56.7 Å². The van der Waals surface area contributed by atoms with Gasteiger partial charge in [-0.05, 0) is 37.1 Å².